The van der Waals surface area contributed by atoms with Crippen LogP contribution < -0.4 is 10.5 Å². The predicted molar refractivity (Wildman–Crippen MR) is 66.3 cm³/mol. The lowest BCUT2D eigenvalue weighted by atomic mass is 9.98. The highest BCUT2D eigenvalue weighted by Crippen LogP contribution is 2.39. The van der Waals surface area contributed by atoms with Crippen molar-refractivity contribution in [3.8, 4) is 0 Å². The van der Waals surface area contributed by atoms with Crippen molar-refractivity contribution >= 4 is 22.4 Å². The van der Waals surface area contributed by atoms with Gasteiger partial charge in [0.2, 0.25) is 0 Å². The first-order chi connectivity index (χ1) is 7.48. The van der Waals surface area contributed by atoms with E-state index in [1.54, 1.807) is 0 Å². The Bertz CT molecular complexity index is 457. The molecule has 0 amide bonds. The molecule has 1 aliphatic rings. The SMILES string of the molecule is CC(CN)(NS(=O)(=O)c1cnc[nH]1)C1CC1.Cl. The molecule has 4 N–H and O–H groups in total. The highest BCUT2D eigenvalue weighted by Gasteiger charge is 2.43. The molecule has 6 nitrogen and oxygen atoms in total. The normalized spacial score (nSPS) is 19.4. The molecule has 0 saturated heterocycles. The third-order valence-electron chi connectivity index (χ3n) is 3.03. The van der Waals surface area contributed by atoms with E-state index in [0.29, 0.717) is 12.5 Å². The number of halogens is 1. The number of imidazole rings is 1. The lowest BCUT2D eigenvalue weighted by Gasteiger charge is -2.28. The van der Waals surface area contributed by atoms with Gasteiger partial charge in [-0.25, -0.2) is 18.1 Å². The highest BCUT2D eigenvalue weighted by atomic mass is 35.5. The Kier molecular flexibility index (Phi) is 4.19. The molecule has 1 heterocycles. The van der Waals surface area contributed by atoms with Gasteiger partial charge in [-0.15, -0.1) is 12.4 Å². The van der Waals surface area contributed by atoms with Gasteiger partial charge in [0.15, 0.2) is 5.03 Å². The van der Waals surface area contributed by atoms with Crippen LogP contribution in [0.5, 0.6) is 0 Å². The molecule has 1 saturated carbocycles. The average Bonchev–Trinajstić information content (AvgIpc) is 2.93. The minimum absolute atomic E-state index is 0. The largest absolute Gasteiger partial charge is 0.335 e. The number of nitrogens with zero attached hydrogens (tertiary/aromatic N) is 1. The van der Waals surface area contributed by atoms with E-state index in [1.807, 2.05) is 6.92 Å². The molecule has 8 heteroatoms. The zero-order chi connectivity index (χ0) is 11.8. The number of nitrogens with one attached hydrogen (secondary N) is 2. The second-order valence-electron chi connectivity index (χ2n) is 4.42. The van der Waals surface area contributed by atoms with Crippen molar-refractivity contribution in [2.45, 2.75) is 30.3 Å². The number of nitrogens with two attached hydrogens (primary N) is 1. The molecule has 1 atom stereocenters. The number of sulfonamides is 1. The van der Waals surface area contributed by atoms with Crippen molar-refractivity contribution < 1.29 is 8.42 Å². The lowest BCUT2D eigenvalue weighted by Crippen LogP contribution is -2.53. The number of hydrogen-bond donors (Lipinski definition) is 3. The first kappa shape index (κ1) is 14.4. The van der Waals surface area contributed by atoms with E-state index in [2.05, 4.69) is 14.7 Å². The van der Waals surface area contributed by atoms with Gasteiger partial charge >= 0.3 is 0 Å². The maximum Gasteiger partial charge on any atom is 0.258 e. The molecule has 2 rings (SSSR count). The van der Waals surface area contributed by atoms with Gasteiger partial charge in [-0.1, -0.05) is 0 Å². The summed E-state index contributed by atoms with van der Waals surface area (Å²) in [6, 6.07) is 0. The van der Waals surface area contributed by atoms with E-state index in [0.717, 1.165) is 12.8 Å². The summed E-state index contributed by atoms with van der Waals surface area (Å²) in [5.74, 6) is 0.343. The van der Waals surface area contributed by atoms with Crippen LogP contribution >= 0.6 is 12.4 Å². The summed E-state index contributed by atoms with van der Waals surface area (Å²) >= 11 is 0. The van der Waals surface area contributed by atoms with Gasteiger partial charge in [-0.2, -0.15) is 0 Å². The fraction of sp³-hybridized carbons (Fsp3) is 0.667. The van der Waals surface area contributed by atoms with Crippen LogP contribution in [0.4, 0.5) is 0 Å². The van der Waals surface area contributed by atoms with Crippen molar-refractivity contribution in [1.82, 2.24) is 14.7 Å². The standard InChI is InChI=1S/C9H16N4O2S.ClH/c1-9(5-10,7-2-3-7)13-16(14,15)8-4-11-6-12-8;/h4,6-7,13H,2-3,5,10H2,1H3,(H,11,12);1H. The number of rotatable bonds is 5. The summed E-state index contributed by atoms with van der Waals surface area (Å²) < 4.78 is 26.6. The maximum absolute atomic E-state index is 12.0. The van der Waals surface area contributed by atoms with Crippen LogP contribution in [0.15, 0.2) is 17.6 Å². The Labute approximate surface area is 107 Å². The Morgan fingerprint density at radius 1 is 1.65 bits per heavy atom. The molecule has 1 aliphatic carbocycles. The van der Waals surface area contributed by atoms with Gasteiger partial charge in [0.05, 0.1) is 12.5 Å². The Hall–Kier alpha value is -0.630. The van der Waals surface area contributed by atoms with Crippen LogP contribution in [-0.2, 0) is 10.0 Å². The quantitative estimate of drug-likeness (QED) is 0.719. The predicted octanol–water partition coefficient (Wildman–Crippen LogP) is 0.237. The van der Waals surface area contributed by atoms with Crippen LogP contribution in [0.2, 0.25) is 0 Å². The van der Waals surface area contributed by atoms with Gasteiger partial charge in [-0.3, -0.25) is 0 Å². The molecule has 0 radical (unpaired) electrons. The van der Waals surface area contributed by atoms with E-state index in [4.69, 9.17) is 5.73 Å². The molecule has 0 bridgehead atoms. The van der Waals surface area contributed by atoms with Crippen molar-refractivity contribution in [3.05, 3.63) is 12.5 Å². The highest BCUT2D eigenvalue weighted by molar-refractivity contribution is 7.89. The summed E-state index contributed by atoms with van der Waals surface area (Å²) in [5.41, 5.74) is 5.10. The van der Waals surface area contributed by atoms with Gasteiger partial charge in [0.25, 0.3) is 10.0 Å². The second-order valence-corrected chi connectivity index (χ2v) is 6.07. The van der Waals surface area contributed by atoms with Crippen LogP contribution in [-0.4, -0.2) is 30.5 Å². The molecule has 1 aromatic rings. The van der Waals surface area contributed by atoms with E-state index < -0.39 is 15.6 Å². The molecule has 1 unspecified atom stereocenters. The van der Waals surface area contributed by atoms with E-state index >= 15 is 0 Å². The Morgan fingerprint density at radius 3 is 2.71 bits per heavy atom. The second kappa shape index (κ2) is 4.93. The molecule has 1 fully saturated rings. The first-order valence-corrected chi connectivity index (χ1v) is 6.69. The topological polar surface area (TPSA) is 101 Å². The first-order valence-electron chi connectivity index (χ1n) is 5.20. The van der Waals surface area contributed by atoms with Crippen molar-refractivity contribution in [3.63, 3.8) is 0 Å². The molecular formula is C9H17ClN4O2S. The monoisotopic (exact) mass is 280 g/mol. The van der Waals surface area contributed by atoms with Gasteiger partial charge < -0.3 is 10.7 Å². The van der Waals surface area contributed by atoms with Gasteiger partial charge in [0.1, 0.15) is 0 Å². The van der Waals surface area contributed by atoms with Gasteiger partial charge in [0, 0.05) is 12.1 Å². The summed E-state index contributed by atoms with van der Waals surface area (Å²) in [5, 5.41) is 0.0767. The summed E-state index contributed by atoms with van der Waals surface area (Å²) in [7, 11) is -3.54. The smallest absolute Gasteiger partial charge is 0.258 e. The number of H-pyrrole nitrogens is 1. The average molecular weight is 281 g/mol. The zero-order valence-corrected chi connectivity index (χ0v) is 11.1. The Morgan fingerprint density at radius 2 is 2.29 bits per heavy atom. The van der Waals surface area contributed by atoms with Crippen LogP contribution in [0.25, 0.3) is 0 Å². The zero-order valence-electron chi connectivity index (χ0n) is 9.51. The fourth-order valence-corrected chi connectivity index (χ4v) is 3.15. The minimum Gasteiger partial charge on any atom is -0.335 e. The molecule has 1 aromatic heterocycles. The molecule has 17 heavy (non-hydrogen) atoms. The van der Waals surface area contributed by atoms with Gasteiger partial charge in [-0.05, 0) is 25.7 Å². The number of aromatic amines is 1. The number of aromatic nitrogens is 2. The van der Waals surface area contributed by atoms with E-state index in [-0.39, 0.29) is 17.4 Å². The molecule has 98 valence electrons. The van der Waals surface area contributed by atoms with Crippen LogP contribution in [0.1, 0.15) is 19.8 Å². The molecular weight excluding hydrogens is 264 g/mol. The minimum atomic E-state index is -3.54. The third-order valence-corrected chi connectivity index (χ3v) is 4.57. The van der Waals surface area contributed by atoms with Crippen LogP contribution in [0.3, 0.4) is 0 Å². The van der Waals surface area contributed by atoms with E-state index in [9.17, 15) is 8.42 Å². The maximum atomic E-state index is 12.0. The summed E-state index contributed by atoms with van der Waals surface area (Å²) in [6.07, 6.45) is 4.68. The summed E-state index contributed by atoms with van der Waals surface area (Å²) in [6.45, 7) is 2.14. The third kappa shape index (κ3) is 2.98. The molecule has 0 aromatic carbocycles. The fourth-order valence-electron chi connectivity index (χ4n) is 1.76. The number of hydrogen-bond acceptors (Lipinski definition) is 4. The van der Waals surface area contributed by atoms with Crippen LogP contribution in [0, 0.1) is 5.92 Å². The molecule has 0 aliphatic heterocycles. The van der Waals surface area contributed by atoms with Crippen molar-refractivity contribution in [1.29, 1.82) is 0 Å². The van der Waals surface area contributed by atoms with E-state index in [1.165, 1.54) is 12.5 Å². The summed E-state index contributed by atoms with van der Waals surface area (Å²) in [4.78, 5) is 6.28. The Balaban J connectivity index is 0.00000144. The molecule has 0 spiro atoms. The van der Waals surface area contributed by atoms with Crippen molar-refractivity contribution in [2.75, 3.05) is 6.54 Å². The van der Waals surface area contributed by atoms with Crippen molar-refractivity contribution in [2.24, 2.45) is 11.7 Å². The lowest BCUT2D eigenvalue weighted by molar-refractivity contribution is 0.373.